The molecule has 0 aliphatic rings. The maximum Gasteiger partial charge on any atom is 0.312 e. The first-order valence-electron chi connectivity index (χ1n) is 10.2. The minimum atomic E-state index is -0.587. The third-order valence-corrected chi connectivity index (χ3v) is 5.09. The van der Waals surface area contributed by atoms with Gasteiger partial charge in [-0.05, 0) is 59.7 Å². The fraction of sp³-hybridized carbons (Fsp3) is 0.200. The third kappa shape index (κ3) is 5.78. The van der Waals surface area contributed by atoms with Gasteiger partial charge in [0.15, 0.2) is 0 Å². The van der Waals surface area contributed by atoms with E-state index in [2.05, 4.69) is 5.32 Å². The Morgan fingerprint density at radius 1 is 0.844 bits per heavy atom. The number of primary amides is 1. The number of nitrogens with zero attached hydrogens (tertiary/aromatic N) is 2. The summed E-state index contributed by atoms with van der Waals surface area (Å²) >= 11 is 0. The molecule has 32 heavy (non-hydrogen) atoms. The molecule has 7 heteroatoms. The number of carbonyl (C=O) groups is 2. The summed E-state index contributed by atoms with van der Waals surface area (Å²) in [6, 6.07) is 22.1. The van der Waals surface area contributed by atoms with Gasteiger partial charge in [0.2, 0.25) is 0 Å². The molecular weight excluding hydrogens is 404 g/mol. The summed E-state index contributed by atoms with van der Waals surface area (Å²) in [7, 11) is 5.59. The molecule has 0 fully saturated rings. The van der Waals surface area contributed by atoms with Crippen molar-refractivity contribution < 1.29 is 14.3 Å². The van der Waals surface area contributed by atoms with Crippen molar-refractivity contribution in [1.82, 2.24) is 5.32 Å². The van der Waals surface area contributed by atoms with Crippen LogP contribution < -0.4 is 25.6 Å². The topological polar surface area (TPSA) is 87.9 Å². The van der Waals surface area contributed by atoms with Gasteiger partial charge in [-0.1, -0.05) is 24.3 Å². The molecule has 0 aliphatic carbocycles. The number of urea groups is 1. The molecule has 3 aromatic rings. The van der Waals surface area contributed by atoms with E-state index in [9.17, 15) is 9.59 Å². The monoisotopic (exact) mass is 432 g/mol. The minimum Gasteiger partial charge on any atom is -0.497 e. The van der Waals surface area contributed by atoms with Gasteiger partial charge in [0.25, 0.3) is 5.91 Å². The zero-order chi connectivity index (χ0) is 23.1. The summed E-state index contributed by atoms with van der Waals surface area (Å²) in [6.07, 6.45) is 0. The second-order valence-electron chi connectivity index (χ2n) is 7.56. The number of amides is 3. The van der Waals surface area contributed by atoms with E-state index in [1.165, 1.54) is 0 Å². The molecule has 0 saturated carbocycles. The lowest BCUT2D eigenvalue weighted by atomic mass is 10.1. The van der Waals surface area contributed by atoms with Crippen LogP contribution in [0.15, 0.2) is 72.8 Å². The quantitative estimate of drug-likeness (QED) is 0.567. The van der Waals surface area contributed by atoms with Crippen molar-refractivity contribution in [1.29, 1.82) is 0 Å². The normalized spacial score (nSPS) is 10.3. The first-order valence-corrected chi connectivity index (χ1v) is 10.2. The first kappa shape index (κ1) is 22.7. The highest BCUT2D eigenvalue weighted by Gasteiger charge is 2.19. The van der Waals surface area contributed by atoms with Gasteiger partial charge in [0.05, 0.1) is 13.7 Å². The van der Waals surface area contributed by atoms with Crippen molar-refractivity contribution in [3.05, 3.63) is 89.5 Å². The van der Waals surface area contributed by atoms with Gasteiger partial charge in [-0.3, -0.25) is 4.79 Å². The molecule has 0 heterocycles. The number of carbonyl (C=O) groups excluding carboxylic acids is 2. The molecule has 0 bridgehead atoms. The molecule has 3 amide bonds. The summed E-state index contributed by atoms with van der Waals surface area (Å²) in [5, 5.41) is 2.54. The predicted molar refractivity (Wildman–Crippen MR) is 127 cm³/mol. The van der Waals surface area contributed by atoms with Gasteiger partial charge >= 0.3 is 6.03 Å². The molecular formula is C25H28N4O3. The largest absolute Gasteiger partial charge is 0.497 e. The van der Waals surface area contributed by atoms with Gasteiger partial charge in [0, 0.05) is 37.6 Å². The maximum atomic E-state index is 13.5. The fourth-order valence-corrected chi connectivity index (χ4v) is 3.23. The third-order valence-electron chi connectivity index (χ3n) is 5.09. The van der Waals surface area contributed by atoms with Crippen molar-refractivity contribution >= 4 is 23.3 Å². The smallest absolute Gasteiger partial charge is 0.312 e. The van der Waals surface area contributed by atoms with Crippen LogP contribution in [-0.4, -0.2) is 33.1 Å². The van der Waals surface area contributed by atoms with Gasteiger partial charge < -0.3 is 25.6 Å². The maximum absolute atomic E-state index is 13.5. The highest BCUT2D eigenvalue weighted by atomic mass is 16.5. The molecule has 0 radical (unpaired) electrons. The molecule has 0 aliphatic heterocycles. The lowest BCUT2D eigenvalue weighted by Crippen LogP contribution is -2.30. The van der Waals surface area contributed by atoms with E-state index in [1.807, 2.05) is 67.5 Å². The Labute approximate surface area is 188 Å². The van der Waals surface area contributed by atoms with Crippen LogP contribution in [0.2, 0.25) is 0 Å². The Kier molecular flexibility index (Phi) is 7.33. The van der Waals surface area contributed by atoms with Gasteiger partial charge in [-0.25, -0.2) is 4.79 Å². The average molecular weight is 433 g/mol. The molecule has 3 aromatic carbocycles. The SMILES string of the molecule is COc1ccc(N(Cc2ccc(N(C)C)cc2)C(=O)c2ccc(CNC(N)=O)cc2)cc1. The zero-order valence-electron chi connectivity index (χ0n) is 18.5. The van der Waals surface area contributed by atoms with Crippen molar-refractivity contribution in [2.45, 2.75) is 13.1 Å². The summed E-state index contributed by atoms with van der Waals surface area (Å²) < 4.78 is 5.25. The van der Waals surface area contributed by atoms with Crippen LogP contribution in [-0.2, 0) is 13.1 Å². The number of benzene rings is 3. The molecule has 0 aromatic heterocycles. The van der Waals surface area contributed by atoms with Crippen LogP contribution in [0.3, 0.4) is 0 Å². The number of methoxy groups -OCH3 is 1. The summed E-state index contributed by atoms with van der Waals surface area (Å²) in [5.74, 6) is 0.601. The van der Waals surface area contributed by atoms with Gasteiger partial charge in [-0.2, -0.15) is 0 Å². The second-order valence-corrected chi connectivity index (χ2v) is 7.56. The van der Waals surface area contributed by atoms with E-state index < -0.39 is 6.03 Å². The number of hydrogen-bond acceptors (Lipinski definition) is 4. The van der Waals surface area contributed by atoms with Crippen molar-refractivity contribution in [3.8, 4) is 5.75 Å². The minimum absolute atomic E-state index is 0.124. The van der Waals surface area contributed by atoms with Crippen molar-refractivity contribution in [2.75, 3.05) is 31.0 Å². The Morgan fingerprint density at radius 3 is 1.94 bits per heavy atom. The number of rotatable bonds is 8. The number of ether oxygens (including phenoxy) is 1. The summed E-state index contributed by atoms with van der Waals surface area (Å²) in [6.45, 7) is 0.730. The zero-order valence-corrected chi connectivity index (χ0v) is 18.5. The van der Waals surface area contributed by atoms with Crippen molar-refractivity contribution in [2.24, 2.45) is 5.73 Å². The van der Waals surface area contributed by atoms with Gasteiger partial charge in [0.1, 0.15) is 5.75 Å². The lowest BCUT2D eigenvalue weighted by molar-refractivity contribution is 0.0985. The van der Waals surface area contributed by atoms with Crippen molar-refractivity contribution in [3.63, 3.8) is 0 Å². The number of nitrogens with two attached hydrogens (primary N) is 1. The van der Waals surface area contributed by atoms with Gasteiger partial charge in [-0.15, -0.1) is 0 Å². The Bertz CT molecular complexity index is 1050. The fourth-order valence-electron chi connectivity index (χ4n) is 3.23. The predicted octanol–water partition coefficient (Wildman–Crippen LogP) is 3.78. The molecule has 0 saturated heterocycles. The van der Waals surface area contributed by atoms with Crippen LogP contribution in [0.25, 0.3) is 0 Å². The highest BCUT2D eigenvalue weighted by Crippen LogP contribution is 2.24. The first-order chi connectivity index (χ1) is 15.4. The van der Waals surface area contributed by atoms with E-state index in [4.69, 9.17) is 10.5 Å². The molecule has 3 rings (SSSR count). The highest BCUT2D eigenvalue weighted by molar-refractivity contribution is 6.06. The second kappa shape index (κ2) is 10.3. The standard InChI is InChI=1S/C25H28N4O3/c1-28(2)21-10-6-19(7-11-21)17-29(22-12-14-23(32-3)15-13-22)24(30)20-8-4-18(5-9-20)16-27-25(26)31/h4-15H,16-17H2,1-3H3,(H3,26,27,31). The van der Waals surface area contributed by atoms with Crippen LogP contribution in [0.5, 0.6) is 5.75 Å². The summed E-state index contributed by atoms with van der Waals surface area (Å²) in [5.41, 5.74) is 9.41. The molecule has 7 nitrogen and oxygen atoms in total. The van der Waals surface area contributed by atoms with E-state index in [0.717, 1.165) is 28.3 Å². The molecule has 0 unspecified atom stereocenters. The number of hydrogen-bond donors (Lipinski definition) is 2. The molecule has 0 spiro atoms. The number of anilines is 2. The van der Waals surface area contributed by atoms with Crippen LogP contribution >= 0.6 is 0 Å². The average Bonchev–Trinajstić information content (AvgIpc) is 2.81. The Balaban J connectivity index is 1.86. The lowest BCUT2D eigenvalue weighted by Gasteiger charge is -2.24. The van der Waals surface area contributed by atoms with E-state index in [-0.39, 0.29) is 5.91 Å². The Hall–Kier alpha value is -4.00. The van der Waals surface area contributed by atoms with Crippen LogP contribution in [0.4, 0.5) is 16.2 Å². The molecule has 0 atom stereocenters. The van der Waals surface area contributed by atoms with Crippen LogP contribution in [0, 0.1) is 0 Å². The van der Waals surface area contributed by atoms with E-state index in [0.29, 0.717) is 18.7 Å². The van der Waals surface area contributed by atoms with E-state index in [1.54, 1.807) is 36.3 Å². The molecule has 3 N–H and O–H groups in total. The summed E-state index contributed by atoms with van der Waals surface area (Å²) in [4.78, 5) is 28.1. The van der Waals surface area contributed by atoms with Crippen LogP contribution in [0.1, 0.15) is 21.5 Å². The Morgan fingerprint density at radius 2 is 1.41 bits per heavy atom. The molecule has 166 valence electrons. The number of nitrogens with one attached hydrogen (secondary N) is 1. The van der Waals surface area contributed by atoms with E-state index >= 15 is 0 Å².